The fraction of sp³-hybridized carbons (Fsp3) is 0.429. The van der Waals surface area contributed by atoms with E-state index in [1.807, 2.05) is 5.38 Å². The maximum absolute atomic E-state index is 12.5. The second-order valence-corrected chi connectivity index (χ2v) is 5.32. The fourth-order valence-electron chi connectivity index (χ4n) is 1.98. The Labute approximate surface area is 121 Å². The van der Waals surface area contributed by atoms with Gasteiger partial charge >= 0.3 is 0 Å². The van der Waals surface area contributed by atoms with E-state index in [-0.39, 0.29) is 18.4 Å². The lowest BCUT2D eigenvalue weighted by Crippen LogP contribution is -2.55. The Morgan fingerprint density at radius 1 is 1.65 bits per heavy atom. The Morgan fingerprint density at radius 2 is 2.45 bits per heavy atom. The van der Waals surface area contributed by atoms with E-state index in [0.29, 0.717) is 30.0 Å². The number of amides is 2. The highest BCUT2D eigenvalue weighted by molar-refractivity contribution is 7.12. The number of rotatable bonds is 2. The van der Waals surface area contributed by atoms with Gasteiger partial charge in [-0.3, -0.25) is 9.59 Å². The second kappa shape index (κ2) is 6.55. The van der Waals surface area contributed by atoms with Crippen LogP contribution in [0, 0.1) is 11.8 Å². The van der Waals surface area contributed by atoms with Crippen LogP contribution >= 0.6 is 11.3 Å². The van der Waals surface area contributed by atoms with Crippen LogP contribution in [0.5, 0.6) is 0 Å². The number of thiophene rings is 1. The van der Waals surface area contributed by atoms with E-state index in [4.69, 9.17) is 5.11 Å². The Kier molecular flexibility index (Phi) is 4.77. The molecule has 20 heavy (non-hydrogen) atoms. The molecule has 0 spiro atoms. The number of nitrogens with one attached hydrogen (secondary N) is 1. The number of piperazine rings is 1. The highest BCUT2D eigenvalue weighted by Gasteiger charge is 2.31. The van der Waals surface area contributed by atoms with Crippen molar-refractivity contribution in [3.05, 3.63) is 21.9 Å². The van der Waals surface area contributed by atoms with E-state index >= 15 is 0 Å². The van der Waals surface area contributed by atoms with E-state index in [0.717, 1.165) is 0 Å². The first kappa shape index (κ1) is 14.6. The molecule has 1 atom stereocenters. The highest BCUT2D eigenvalue weighted by Crippen LogP contribution is 2.20. The number of carbonyl (C=O) groups excluding carboxylic acids is 2. The third-order valence-corrected chi connectivity index (χ3v) is 3.98. The SMILES string of the molecule is CC1C(=O)NCCN1C(=O)c1sccc1C#CCCO. The van der Waals surface area contributed by atoms with Crippen LogP contribution in [-0.4, -0.2) is 47.6 Å². The lowest BCUT2D eigenvalue weighted by molar-refractivity contribution is -0.127. The standard InChI is InChI=1S/C14H16N2O3S/c1-10-13(18)15-6-7-16(10)14(19)12-11(5-9-20-12)4-2-3-8-17/h5,9-10,17H,3,6-8H2,1H3,(H,15,18). The Hall–Kier alpha value is -1.84. The van der Waals surface area contributed by atoms with Crippen LogP contribution in [-0.2, 0) is 4.79 Å². The average Bonchev–Trinajstić information content (AvgIpc) is 2.90. The molecule has 2 N–H and O–H groups in total. The molecule has 0 radical (unpaired) electrons. The quantitative estimate of drug-likeness (QED) is 0.777. The molecule has 1 unspecified atom stereocenters. The maximum atomic E-state index is 12.5. The van der Waals surface area contributed by atoms with Gasteiger partial charge in [0.25, 0.3) is 5.91 Å². The number of hydrogen-bond acceptors (Lipinski definition) is 4. The van der Waals surface area contributed by atoms with Gasteiger partial charge in [0.1, 0.15) is 10.9 Å². The van der Waals surface area contributed by atoms with Gasteiger partial charge in [-0.05, 0) is 18.4 Å². The first-order valence-electron chi connectivity index (χ1n) is 6.41. The van der Waals surface area contributed by atoms with E-state index in [9.17, 15) is 9.59 Å². The molecule has 1 aromatic rings. The van der Waals surface area contributed by atoms with Crippen molar-refractivity contribution in [2.45, 2.75) is 19.4 Å². The molecule has 1 aliphatic heterocycles. The van der Waals surface area contributed by atoms with Gasteiger partial charge in [0, 0.05) is 25.1 Å². The molecule has 1 fully saturated rings. The topological polar surface area (TPSA) is 69.6 Å². The minimum absolute atomic E-state index is 0.00372. The van der Waals surface area contributed by atoms with Crippen LogP contribution in [0.15, 0.2) is 11.4 Å². The summed E-state index contributed by atoms with van der Waals surface area (Å²) in [6, 6.07) is 1.33. The molecule has 0 saturated carbocycles. The number of nitrogens with zero attached hydrogens (tertiary/aromatic N) is 1. The van der Waals surface area contributed by atoms with E-state index in [2.05, 4.69) is 17.2 Å². The molecule has 1 aromatic heterocycles. The van der Waals surface area contributed by atoms with Gasteiger partial charge in [0.05, 0.1) is 6.61 Å². The van der Waals surface area contributed by atoms with Crippen LogP contribution in [0.1, 0.15) is 28.6 Å². The summed E-state index contributed by atoms with van der Waals surface area (Å²) >= 11 is 1.32. The number of aliphatic hydroxyl groups excluding tert-OH is 1. The van der Waals surface area contributed by atoms with Crippen molar-refractivity contribution in [2.24, 2.45) is 0 Å². The molecular formula is C14H16N2O3S. The van der Waals surface area contributed by atoms with E-state index in [1.165, 1.54) is 11.3 Å². The Balaban J connectivity index is 2.20. The molecule has 1 aliphatic rings. The summed E-state index contributed by atoms with van der Waals surface area (Å²) in [7, 11) is 0. The van der Waals surface area contributed by atoms with Gasteiger partial charge in [0.15, 0.2) is 0 Å². The lowest BCUT2D eigenvalue weighted by atomic mass is 10.1. The maximum Gasteiger partial charge on any atom is 0.265 e. The Bertz CT molecular complexity index is 570. The molecule has 5 nitrogen and oxygen atoms in total. The van der Waals surface area contributed by atoms with Crippen molar-refractivity contribution in [3.8, 4) is 11.8 Å². The number of hydrogen-bond donors (Lipinski definition) is 2. The summed E-state index contributed by atoms with van der Waals surface area (Å²) in [6.07, 6.45) is 0.381. The third-order valence-electron chi connectivity index (χ3n) is 3.08. The molecule has 2 heterocycles. The summed E-state index contributed by atoms with van der Waals surface area (Å²) in [4.78, 5) is 26.3. The summed E-state index contributed by atoms with van der Waals surface area (Å²) < 4.78 is 0. The van der Waals surface area contributed by atoms with Gasteiger partial charge in [-0.2, -0.15) is 0 Å². The minimum atomic E-state index is -0.461. The molecule has 106 valence electrons. The molecule has 1 saturated heterocycles. The van der Waals surface area contributed by atoms with Gasteiger partial charge in [-0.15, -0.1) is 11.3 Å². The van der Waals surface area contributed by atoms with Gasteiger partial charge in [0.2, 0.25) is 5.91 Å². The molecule has 0 aliphatic carbocycles. The van der Waals surface area contributed by atoms with Crippen LogP contribution < -0.4 is 5.32 Å². The molecule has 0 aromatic carbocycles. The summed E-state index contributed by atoms with van der Waals surface area (Å²) in [5.41, 5.74) is 0.659. The van der Waals surface area contributed by atoms with Crippen molar-refractivity contribution in [1.29, 1.82) is 0 Å². The van der Waals surface area contributed by atoms with Crippen LogP contribution in [0.4, 0.5) is 0 Å². The van der Waals surface area contributed by atoms with Crippen LogP contribution in [0.3, 0.4) is 0 Å². The number of carbonyl (C=O) groups is 2. The monoisotopic (exact) mass is 292 g/mol. The third kappa shape index (κ3) is 3.00. The van der Waals surface area contributed by atoms with Crippen LogP contribution in [0.2, 0.25) is 0 Å². The van der Waals surface area contributed by atoms with Crippen molar-refractivity contribution in [1.82, 2.24) is 10.2 Å². The predicted molar refractivity (Wildman–Crippen MR) is 76.4 cm³/mol. The van der Waals surface area contributed by atoms with Gasteiger partial charge in [-0.25, -0.2) is 0 Å². The van der Waals surface area contributed by atoms with Crippen molar-refractivity contribution in [2.75, 3.05) is 19.7 Å². The van der Waals surface area contributed by atoms with E-state index < -0.39 is 6.04 Å². The first-order chi connectivity index (χ1) is 9.65. The van der Waals surface area contributed by atoms with Gasteiger partial charge in [-0.1, -0.05) is 11.8 Å². The lowest BCUT2D eigenvalue weighted by Gasteiger charge is -2.32. The zero-order valence-electron chi connectivity index (χ0n) is 11.2. The molecule has 2 rings (SSSR count). The normalized spacial score (nSPS) is 18.2. The first-order valence-corrected chi connectivity index (χ1v) is 7.29. The summed E-state index contributed by atoms with van der Waals surface area (Å²) in [5.74, 6) is 5.42. The predicted octanol–water partition coefficient (Wildman–Crippen LogP) is 0.442. The van der Waals surface area contributed by atoms with Crippen LogP contribution in [0.25, 0.3) is 0 Å². The largest absolute Gasteiger partial charge is 0.395 e. The fourth-order valence-corrected chi connectivity index (χ4v) is 2.78. The summed E-state index contributed by atoms with van der Waals surface area (Å²) in [5, 5.41) is 13.3. The van der Waals surface area contributed by atoms with Crippen molar-refractivity contribution < 1.29 is 14.7 Å². The zero-order chi connectivity index (χ0) is 14.5. The van der Waals surface area contributed by atoms with Crippen molar-refractivity contribution in [3.63, 3.8) is 0 Å². The zero-order valence-corrected chi connectivity index (χ0v) is 12.0. The van der Waals surface area contributed by atoms with E-state index in [1.54, 1.807) is 17.9 Å². The van der Waals surface area contributed by atoms with Gasteiger partial charge < -0.3 is 15.3 Å². The molecular weight excluding hydrogens is 276 g/mol. The molecule has 0 bridgehead atoms. The van der Waals surface area contributed by atoms with Crippen molar-refractivity contribution >= 4 is 23.2 Å². The summed E-state index contributed by atoms with van der Waals surface area (Å²) in [6.45, 7) is 2.71. The highest BCUT2D eigenvalue weighted by atomic mass is 32.1. The number of aliphatic hydroxyl groups is 1. The average molecular weight is 292 g/mol. The Morgan fingerprint density at radius 3 is 3.20 bits per heavy atom. The molecule has 6 heteroatoms. The smallest absolute Gasteiger partial charge is 0.265 e. The molecule has 2 amide bonds. The minimum Gasteiger partial charge on any atom is -0.395 e. The second-order valence-electron chi connectivity index (χ2n) is 4.40.